The second-order valence-electron chi connectivity index (χ2n) is 5.58. The first-order valence-corrected chi connectivity index (χ1v) is 8.77. The van der Waals surface area contributed by atoms with Crippen LogP contribution in [0, 0.1) is 0 Å². The first kappa shape index (κ1) is 21.5. The lowest BCUT2D eigenvalue weighted by Crippen LogP contribution is -2.33. The van der Waals surface area contributed by atoms with Gasteiger partial charge >= 0.3 is 0 Å². The molecule has 0 saturated carbocycles. The molecule has 2 N–H and O–H groups in total. The molecule has 0 fully saturated rings. The van der Waals surface area contributed by atoms with Crippen molar-refractivity contribution in [2.24, 2.45) is 5.73 Å². The summed E-state index contributed by atoms with van der Waals surface area (Å²) in [5.41, 5.74) is 7.62. The molecule has 0 radical (unpaired) electrons. The summed E-state index contributed by atoms with van der Waals surface area (Å²) in [6.07, 6.45) is 1.09. The minimum absolute atomic E-state index is 0. The Morgan fingerprint density at radius 2 is 1.92 bits per heavy atom. The highest BCUT2D eigenvalue weighted by Crippen LogP contribution is 2.24. The monoisotopic (exact) mass is 426 g/mol. The molecular weight excluding hydrogens is 404 g/mol. The van der Waals surface area contributed by atoms with E-state index >= 15 is 0 Å². The van der Waals surface area contributed by atoms with E-state index in [0.717, 1.165) is 27.8 Å². The number of rotatable bonds is 8. The molecule has 0 saturated heterocycles. The normalized spacial score (nSPS) is 10.0. The molecule has 136 valence electrons. The molecule has 1 amide bonds. The molecule has 0 bridgehead atoms. The molecular formula is C19H24BrClN2O2. The van der Waals surface area contributed by atoms with Crippen LogP contribution in [0.4, 0.5) is 0 Å². The second kappa shape index (κ2) is 11.1. The third-order valence-corrected chi connectivity index (χ3v) is 4.28. The van der Waals surface area contributed by atoms with Gasteiger partial charge in [0, 0.05) is 23.1 Å². The van der Waals surface area contributed by atoms with Gasteiger partial charge in [0.2, 0.25) is 5.91 Å². The maximum absolute atomic E-state index is 12.8. The number of ether oxygens (including phenoxy) is 1. The third kappa shape index (κ3) is 6.69. The highest BCUT2D eigenvalue weighted by molar-refractivity contribution is 9.10. The fourth-order valence-electron chi connectivity index (χ4n) is 2.54. The number of carbonyl (C=O) groups is 1. The fraction of sp³-hybridized carbons (Fsp3) is 0.316. The minimum atomic E-state index is 0. The van der Waals surface area contributed by atoms with Crippen molar-refractivity contribution in [2.75, 3.05) is 20.2 Å². The van der Waals surface area contributed by atoms with Gasteiger partial charge in [0.25, 0.3) is 0 Å². The first-order valence-electron chi connectivity index (χ1n) is 7.98. The van der Waals surface area contributed by atoms with Gasteiger partial charge in [-0.2, -0.15) is 0 Å². The fourth-order valence-corrected chi connectivity index (χ4v) is 2.95. The summed E-state index contributed by atoms with van der Waals surface area (Å²) >= 11 is 3.45. The lowest BCUT2D eigenvalue weighted by Gasteiger charge is -2.23. The number of nitrogens with zero attached hydrogens (tertiary/aromatic N) is 1. The molecule has 0 atom stereocenters. The quantitative estimate of drug-likeness (QED) is 0.697. The van der Waals surface area contributed by atoms with Crippen LogP contribution in [0.3, 0.4) is 0 Å². The van der Waals surface area contributed by atoms with Gasteiger partial charge in [-0.3, -0.25) is 4.79 Å². The smallest absolute Gasteiger partial charge is 0.227 e. The minimum Gasteiger partial charge on any atom is -0.496 e. The molecule has 0 spiro atoms. The molecule has 2 aromatic rings. The van der Waals surface area contributed by atoms with Gasteiger partial charge in [-0.05, 0) is 36.7 Å². The first-order chi connectivity index (χ1) is 11.6. The van der Waals surface area contributed by atoms with Crippen molar-refractivity contribution in [3.63, 3.8) is 0 Å². The van der Waals surface area contributed by atoms with Crippen LogP contribution in [0.25, 0.3) is 0 Å². The molecule has 2 rings (SSSR count). The van der Waals surface area contributed by atoms with Crippen LogP contribution in [-0.4, -0.2) is 31.0 Å². The van der Waals surface area contributed by atoms with Crippen molar-refractivity contribution in [3.05, 3.63) is 64.1 Å². The standard InChI is InChI=1S/C19H23BrN2O2.ClH/c1-24-18-9-8-17(20)12-16(18)13-19(23)22(11-5-10-21)14-15-6-3-2-4-7-15;/h2-4,6-9,12H,5,10-11,13-14,21H2,1H3;1H. The Kier molecular flexibility index (Phi) is 9.57. The zero-order chi connectivity index (χ0) is 17.4. The summed E-state index contributed by atoms with van der Waals surface area (Å²) in [6.45, 7) is 1.81. The topological polar surface area (TPSA) is 55.6 Å². The van der Waals surface area contributed by atoms with Gasteiger partial charge in [0.1, 0.15) is 5.75 Å². The lowest BCUT2D eigenvalue weighted by molar-refractivity contribution is -0.131. The van der Waals surface area contributed by atoms with Crippen LogP contribution < -0.4 is 10.5 Å². The van der Waals surface area contributed by atoms with E-state index in [1.807, 2.05) is 53.4 Å². The van der Waals surface area contributed by atoms with Crippen molar-refractivity contribution in [2.45, 2.75) is 19.4 Å². The number of carbonyl (C=O) groups excluding carboxylic acids is 1. The summed E-state index contributed by atoms with van der Waals surface area (Å²) in [5.74, 6) is 0.800. The van der Waals surface area contributed by atoms with Crippen molar-refractivity contribution in [3.8, 4) is 5.75 Å². The predicted molar refractivity (Wildman–Crippen MR) is 107 cm³/mol. The Morgan fingerprint density at radius 1 is 1.20 bits per heavy atom. The summed E-state index contributed by atoms with van der Waals surface area (Å²) in [7, 11) is 1.62. The zero-order valence-electron chi connectivity index (χ0n) is 14.3. The number of methoxy groups -OCH3 is 1. The Morgan fingerprint density at radius 3 is 2.56 bits per heavy atom. The number of nitrogens with two attached hydrogens (primary N) is 1. The van der Waals surface area contributed by atoms with E-state index in [1.54, 1.807) is 7.11 Å². The molecule has 0 unspecified atom stereocenters. The Balaban J connectivity index is 0.00000312. The third-order valence-electron chi connectivity index (χ3n) is 3.79. The van der Waals surface area contributed by atoms with Gasteiger partial charge < -0.3 is 15.4 Å². The predicted octanol–water partition coefficient (Wildman–Crippen LogP) is 3.80. The number of hydrogen-bond acceptors (Lipinski definition) is 3. The maximum Gasteiger partial charge on any atom is 0.227 e. The summed E-state index contributed by atoms with van der Waals surface area (Å²) in [5, 5.41) is 0. The molecule has 2 aromatic carbocycles. The number of benzene rings is 2. The maximum atomic E-state index is 12.8. The van der Waals surface area contributed by atoms with Crippen molar-refractivity contribution < 1.29 is 9.53 Å². The summed E-state index contributed by atoms with van der Waals surface area (Å²) in [6, 6.07) is 15.7. The van der Waals surface area contributed by atoms with Crippen LogP contribution in [0.5, 0.6) is 5.75 Å². The molecule has 4 nitrogen and oxygen atoms in total. The lowest BCUT2D eigenvalue weighted by atomic mass is 10.1. The van der Waals surface area contributed by atoms with Crippen LogP contribution in [0.2, 0.25) is 0 Å². The van der Waals surface area contributed by atoms with Crippen LogP contribution >= 0.6 is 28.3 Å². The Labute approximate surface area is 163 Å². The van der Waals surface area contributed by atoms with E-state index in [-0.39, 0.29) is 18.3 Å². The molecule has 6 heteroatoms. The van der Waals surface area contributed by atoms with Crippen molar-refractivity contribution in [1.82, 2.24) is 4.90 Å². The highest BCUT2D eigenvalue weighted by Gasteiger charge is 2.16. The summed E-state index contributed by atoms with van der Waals surface area (Å²) in [4.78, 5) is 14.7. The van der Waals surface area contributed by atoms with Gasteiger partial charge in [0.05, 0.1) is 13.5 Å². The highest BCUT2D eigenvalue weighted by atomic mass is 79.9. The average Bonchev–Trinajstić information content (AvgIpc) is 2.59. The van der Waals surface area contributed by atoms with Gasteiger partial charge in [-0.25, -0.2) is 0 Å². The van der Waals surface area contributed by atoms with Crippen LogP contribution in [0.15, 0.2) is 53.0 Å². The van der Waals surface area contributed by atoms with Gasteiger partial charge in [-0.15, -0.1) is 12.4 Å². The van der Waals surface area contributed by atoms with E-state index < -0.39 is 0 Å². The van der Waals surface area contributed by atoms with E-state index in [2.05, 4.69) is 15.9 Å². The van der Waals surface area contributed by atoms with Crippen molar-refractivity contribution in [1.29, 1.82) is 0 Å². The Hall–Kier alpha value is -1.56. The van der Waals surface area contributed by atoms with Gasteiger partial charge in [-0.1, -0.05) is 46.3 Å². The number of halogens is 2. The molecule has 0 aromatic heterocycles. The molecule has 25 heavy (non-hydrogen) atoms. The SMILES string of the molecule is COc1ccc(Br)cc1CC(=O)N(CCCN)Cc1ccccc1.Cl. The van der Waals surface area contributed by atoms with Crippen molar-refractivity contribution >= 4 is 34.2 Å². The zero-order valence-corrected chi connectivity index (χ0v) is 16.7. The number of amides is 1. The van der Waals surface area contributed by atoms with E-state index in [1.165, 1.54) is 0 Å². The van der Waals surface area contributed by atoms with E-state index in [4.69, 9.17) is 10.5 Å². The second-order valence-corrected chi connectivity index (χ2v) is 6.49. The Bertz CT molecular complexity index is 668. The largest absolute Gasteiger partial charge is 0.496 e. The summed E-state index contributed by atoms with van der Waals surface area (Å²) < 4.78 is 6.30. The van der Waals surface area contributed by atoms with Crippen LogP contribution in [-0.2, 0) is 17.8 Å². The average molecular weight is 428 g/mol. The number of hydrogen-bond donors (Lipinski definition) is 1. The molecule has 0 aliphatic rings. The molecule has 0 heterocycles. The van der Waals surface area contributed by atoms with E-state index in [0.29, 0.717) is 26.1 Å². The van der Waals surface area contributed by atoms with Crippen LogP contribution in [0.1, 0.15) is 17.5 Å². The van der Waals surface area contributed by atoms with Gasteiger partial charge in [0.15, 0.2) is 0 Å². The molecule has 0 aliphatic heterocycles. The molecule has 0 aliphatic carbocycles. The van der Waals surface area contributed by atoms with E-state index in [9.17, 15) is 4.79 Å².